The number of carbonyl (C=O) groups is 1. The summed E-state index contributed by atoms with van der Waals surface area (Å²) in [5.41, 5.74) is 2.48. The van der Waals surface area contributed by atoms with Gasteiger partial charge in [0.25, 0.3) is 0 Å². The monoisotopic (exact) mass is 391 g/mol. The first kappa shape index (κ1) is 18.3. The normalized spacial score (nSPS) is 20.7. The van der Waals surface area contributed by atoms with E-state index in [0.717, 1.165) is 29.2 Å². The molecule has 2 aromatic rings. The zero-order valence-electron chi connectivity index (χ0n) is 16.6. The van der Waals surface area contributed by atoms with Gasteiger partial charge in [0.15, 0.2) is 5.76 Å². The van der Waals surface area contributed by atoms with E-state index in [1.165, 1.54) is 32.1 Å². The van der Waals surface area contributed by atoms with Crippen LogP contribution < -0.4 is 14.2 Å². The van der Waals surface area contributed by atoms with Crippen molar-refractivity contribution in [3.8, 4) is 17.2 Å². The predicted molar refractivity (Wildman–Crippen MR) is 110 cm³/mol. The molecule has 2 heterocycles. The molecule has 0 N–H and O–H groups in total. The molecule has 5 rings (SSSR count). The fraction of sp³-hybridized carbons (Fsp3) is 0.375. The van der Waals surface area contributed by atoms with Crippen LogP contribution in [0, 0.1) is 0 Å². The Bertz CT molecular complexity index is 975. The first-order valence-electron chi connectivity index (χ1n) is 10.3. The van der Waals surface area contributed by atoms with Crippen LogP contribution in [0.5, 0.6) is 17.2 Å². The molecule has 150 valence electrons. The number of Topliss-reactive ketones (excluding diaryl/α,β-unsaturated/α-hetero) is 1. The number of carbonyl (C=O) groups excluding carboxylic acids is 1. The van der Waals surface area contributed by atoms with Crippen molar-refractivity contribution in [1.82, 2.24) is 4.90 Å². The van der Waals surface area contributed by atoms with E-state index in [9.17, 15) is 4.79 Å². The summed E-state index contributed by atoms with van der Waals surface area (Å²) in [6, 6.07) is 11.9. The first-order valence-corrected chi connectivity index (χ1v) is 10.3. The summed E-state index contributed by atoms with van der Waals surface area (Å²) in [7, 11) is 1.63. The molecule has 0 aromatic heterocycles. The maximum atomic E-state index is 12.9. The molecular weight excluding hydrogens is 366 g/mol. The maximum Gasteiger partial charge on any atom is 0.231 e. The van der Waals surface area contributed by atoms with Crippen molar-refractivity contribution in [3.63, 3.8) is 0 Å². The van der Waals surface area contributed by atoms with E-state index in [2.05, 4.69) is 4.90 Å². The van der Waals surface area contributed by atoms with Gasteiger partial charge in [-0.15, -0.1) is 0 Å². The van der Waals surface area contributed by atoms with E-state index in [0.29, 0.717) is 29.8 Å². The second-order valence-electron chi connectivity index (χ2n) is 7.95. The third kappa shape index (κ3) is 3.40. The van der Waals surface area contributed by atoms with Gasteiger partial charge in [0, 0.05) is 12.6 Å². The van der Waals surface area contributed by atoms with Crippen molar-refractivity contribution in [1.29, 1.82) is 0 Å². The summed E-state index contributed by atoms with van der Waals surface area (Å²) in [6.07, 6.45) is 8.10. The summed E-state index contributed by atoms with van der Waals surface area (Å²) in [5, 5.41) is 0. The number of allylic oxidation sites excluding steroid dienone is 1. The molecule has 0 saturated heterocycles. The van der Waals surface area contributed by atoms with Crippen molar-refractivity contribution >= 4 is 11.9 Å². The molecule has 1 saturated carbocycles. The van der Waals surface area contributed by atoms with Crippen molar-refractivity contribution in [2.75, 3.05) is 13.8 Å². The summed E-state index contributed by atoms with van der Waals surface area (Å²) >= 11 is 0. The Labute approximate surface area is 170 Å². The number of rotatable bonds is 3. The van der Waals surface area contributed by atoms with Gasteiger partial charge in [-0.2, -0.15) is 0 Å². The molecular formula is C24H25NO4. The molecule has 5 nitrogen and oxygen atoms in total. The van der Waals surface area contributed by atoms with Crippen LogP contribution in [-0.4, -0.2) is 30.6 Å². The van der Waals surface area contributed by atoms with Crippen molar-refractivity contribution < 1.29 is 19.0 Å². The highest BCUT2D eigenvalue weighted by Crippen LogP contribution is 2.43. The number of benzene rings is 2. The Morgan fingerprint density at radius 3 is 2.83 bits per heavy atom. The molecule has 1 fully saturated rings. The van der Waals surface area contributed by atoms with Crippen LogP contribution in [0.25, 0.3) is 6.08 Å². The molecule has 1 aliphatic carbocycles. The van der Waals surface area contributed by atoms with Crippen molar-refractivity contribution in [2.45, 2.75) is 44.7 Å². The molecule has 5 heteroatoms. The van der Waals surface area contributed by atoms with Crippen LogP contribution >= 0.6 is 0 Å². The van der Waals surface area contributed by atoms with Gasteiger partial charge in [0.05, 0.1) is 18.2 Å². The topological polar surface area (TPSA) is 48.0 Å². The van der Waals surface area contributed by atoms with Gasteiger partial charge < -0.3 is 14.2 Å². The summed E-state index contributed by atoms with van der Waals surface area (Å²) in [4.78, 5) is 15.3. The highest BCUT2D eigenvalue weighted by Gasteiger charge is 2.35. The van der Waals surface area contributed by atoms with E-state index in [-0.39, 0.29) is 5.78 Å². The summed E-state index contributed by atoms with van der Waals surface area (Å²) in [5.74, 6) is 2.49. The average Bonchev–Trinajstić information content (AvgIpc) is 3.10. The van der Waals surface area contributed by atoms with E-state index in [1.54, 1.807) is 13.2 Å². The second-order valence-corrected chi connectivity index (χ2v) is 7.95. The molecule has 0 bridgehead atoms. The predicted octanol–water partition coefficient (Wildman–Crippen LogP) is 4.80. The van der Waals surface area contributed by atoms with Crippen LogP contribution in [0.2, 0.25) is 0 Å². The van der Waals surface area contributed by atoms with Crippen molar-refractivity contribution in [3.05, 3.63) is 58.8 Å². The van der Waals surface area contributed by atoms with Gasteiger partial charge in [0.1, 0.15) is 24.0 Å². The smallest absolute Gasteiger partial charge is 0.231 e. The maximum absolute atomic E-state index is 12.9. The third-order valence-electron chi connectivity index (χ3n) is 6.13. The molecule has 0 radical (unpaired) electrons. The second kappa shape index (κ2) is 7.56. The minimum Gasteiger partial charge on any atom is -0.497 e. The Kier molecular flexibility index (Phi) is 4.76. The lowest BCUT2D eigenvalue weighted by atomic mass is 9.93. The van der Waals surface area contributed by atoms with Crippen LogP contribution in [0.15, 0.2) is 42.2 Å². The molecule has 29 heavy (non-hydrogen) atoms. The first-order chi connectivity index (χ1) is 14.2. The van der Waals surface area contributed by atoms with Gasteiger partial charge in [-0.05, 0) is 48.7 Å². The van der Waals surface area contributed by atoms with Crippen LogP contribution in [0.1, 0.15) is 53.6 Å². The SMILES string of the molecule is COc1cccc(/C=C2/Oc3c(ccc4c3CN(C3CCCCC3)CO4)C2=O)c1. The molecule has 0 unspecified atom stereocenters. The lowest BCUT2D eigenvalue weighted by molar-refractivity contribution is 0.0394. The fourth-order valence-corrected chi connectivity index (χ4v) is 4.54. The third-order valence-corrected chi connectivity index (χ3v) is 6.13. The minimum atomic E-state index is -0.0830. The van der Waals surface area contributed by atoms with Gasteiger partial charge in [-0.25, -0.2) is 0 Å². The Hall–Kier alpha value is -2.79. The lowest BCUT2D eigenvalue weighted by Crippen LogP contribution is -2.41. The van der Waals surface area contributed by atoms with Crippen molar-refractivity contribution in [2.24, 2.45) is 0 Å². The molecule has 0 spiro atoms. The lowest BCUT2D eigenvalue weighted by Gasteiger charge is -2.37. The number of ketones is 1. The van der Waals surface area contributed by atoms with E-state index in [1.807, 2.05) is 36.4 Å². The van der Waals surface area contributed by atoms with E-state index >= 15 is 0 Å². The Balaban J connectivity index is 1.44. The largest absolute Gasteiger partial charge is 0.497 e. The van der Waals surface area contributed by atoms with Gasteiger partial charge in [0.2, 0.25) is 5.78 Å². The standard InChI is InChI=1S/C24H25NO4/c1-27-18-9-5-6-16(12-18)13-22-23(26)19-10-11-21-20(24(19)29-22)14-25(15-28-21)17-7-3-2-4-8-17/h5-6,9-13,17H,2-4,7-8,14-15H2,1H3/b22-13+. The number of hydrogen-bond donors (Lipinski definition) is 0. The summed E-state index contributed by atoms with van der Waals surface area (Å²) in [6.45, 7) is 1.37. The number of hydrogen-bond acceptors (Lipinski definition) is 5. The number of nitrogens with zero attached hydrogens (tertiary/aromatic N) is 1. The number of methoxy groups -OCH3 is 1. The van der Waals surface area contributed by atoms with E-state index in [4.69, 9.17) is 14.2 Å². The van der Waals surface area contributed by atoms with Crippen LogP contribution in [0.3, 0.4) is 0 Å². The highest BCUT2D eigenvalue weighted by molar-refractivity contribution is 6.15. The average molecular weight is 391 g/mol. The number of fused-ring (bicyclic) bond motifs is 3. The molecule has 0 atom stereocenters. The Morgan fingerprint density at radius 2 is 2.00 bits per heavy atom. The zero-order chi connectivity index (χ0) is 19.8. The van der Waals surface area contributed by atoms with Gasteiger partial charge in [-0.1, -0.05) is 31.4 Å². The Morgan fingerprint density at radius 1 is 1.14 bits per heavy atom. The van der Waals surface area contributed by atoms with Gasteiger partial charge >= 0.3 is 0 Å². The number of ether oxygens (including phenoxy) is 3. The highest BCUT2D eigenvalue weighted by atomic mass is 16.5. The minimum absolute atomic E-state index is 0.0830. The zero-order valence-corrected chi connectivity index (χ0v) is 16.6. The molecule has 2 aliphatic heterocycles. The van der Waals surface area contributed by atoms with Crippen LogP contribution in [-0.2, 0) is 6.54 Å². The quantitative estimate of drug-likeness (QED) is 0.704. The molecule has 0 amide bonds. The molecule has 2 aromatic carbocycles. The van der Waals surface area contributed by atoms with Crippen LogP contribution in [0.4, 0.5) is 0 Å². The van der Waals surface area contributed by atoms with E-state index < -0.39 is 0 Å². The summed E-state index contributed by atoms with van der Waals surface area (Å²) < 4.78 is 17.4. The molecule has 3 aliphatic rings. The fourth-order valence-electron chi connectivity index (χ4n) is 4.54. The van der Waals surface area contributed by atoms with Gasteiger partial charge in [-0.3, -0.25) is 9.69 Å².